The Labute approximate surface area is 205 Å². The van der Waals surface area contributed by atoms with Crippen molar-refractivity contribution in [1.82, 2.24) is 20.2 Å². The van der Waals surface area contributed by atoms with Crippen LogP contribution in [-0.2, 0) is 28.8 Å². The second kappa shape index (κ2) is 10.5. The molecular weight excluding hydrogens is 444 g/mol. The van der Waals surface area contributed by atoms with E-state index in [0.29, 0.717) is 18.0 Å². The van der Waals surface area contributed by atoms with Crippen molar-refractivity contribution in [3.63, 3.8) is 0 Å². The van der Waals surface area contributed by atoms with Crippen molar-refractivity contribution >= 4 is 24.0 Å². The van der Waals surface area contributed by atoms with Crippen molar-refractivity contribution < 1.29 is 14.3 Å². The summed E-state index contributed by atoms with van der Waals surface area (Å²) in [5, 5.41) is 0. The minimum atomic E-state index is -0.207. The van der Waals surface area contributed by atoms with Gasteiger partial charge in [0.2, 0.25) is 5.91 Å². The fourth-order valence-electron chi connectivity index (χ4n) is 5.37. The first-order valence-corrected chi connectivity index (χ1v) is 12.4. The van der Waals surface area contributed by atoms with Crippen molar-refractivity contribution in [3.8, 4) is 0 Å². The predicted octanol–water partition coefficient (Wildman–Crippen LogP) is 1.72. The topological polar surface area (TPSA) is 113 Å². The molecule has 1 fully saturated rings. The second-order valence-corrected chi connectivity index (χ2v) is 9.41. The highest BCUT2D eigenvalue weighted by atomic mass is 16.5. The van der Waals surface area contributed by atoms with Crippen LogP contribution in [0.1, 0.15) is 51.4 Å². The van der Waals surface area contributed by atoms with E-state index in [2.05, 4.69) is 26.4 Å². The number of nitrogens with two attached hydrogens (primary N) is 1. The van der Waals surface area contributed by atoms with Crippen molar-refractivity contribution in [1.29, 1.82) is 0 Å². The van der Waals surface area contributed by atoms with Gasteiger partial charge in [0, 0.05) is 38.8 Å². The number of benzene rings is 1. The van der Waals surface area contributed by atoms with E-state index < -0.39 is 0 Å². The van der Waals surface area contributed by atoms with Crippen molar-refractivity contribution in [2.24, 2.45) is 10.8 Å². The summed E-state index contributed by atoms with van der Waals surface area (Å²) in [5.41, 5.74) is 7.65. The molecule has 0 radical (unpaired) electrons. The number of amides is 1. The van der Waals surface area contributed by atoms with Crippen molar-refractivity contribution in [3.05, 3.63) is 58.3 Å². The van der Waals surface area contributed by atoms with Gasteiger partial charge in [0.1, 0.15) is 6.34 Å². The first-order chi connectivity index (χ1) is 17.1. The standard InChI is InChI=1S/C26H32N6O3/c27-30-17-29-24-15-19-4-6-22(23(19)16-28-24)25(33)32-11-9-31(10-12-32)8-1-2-18-3-5-21-20(14-18)7-13-35-26(21)34/h3,5,14-17,22H,1-2,4,6-13,27H2,(H,28,29,30). The van der Waals surface area contributed by atoms with Gasteiger partial charge in [0.25, 0.3) is 0 Å². The molecule has 3 aliphatic rings. The summed E-state index contributed by atoms with van der Waals surface area (Å²) < 4.78 is 5.11. The first-order valence-electron chi connectivity index (χ1n) is 12.4. The van der Waals surface area contributed by atoms with Crippen LogP contribution < -0.4 is 11.3 Å². The van der Waals surface area contributed by atoms with Gasteiger partial charge < -0.3 is 15.1 Å². The summed E-state index contributed by atoms with van der Waals surface area (Å²) in [4.78, 5) is 38.0. The number of fused-ring (bicyclic) bond motifs is 2. The molecule has 1 unspecified atom stereocenters. The number of pyridine rings is 1. The van der Waals surface area contributed by atoms with Gasteiger partial charge >= 0.3 is 5.97 Å². The molecule has 9 nitrogen and oxygen atoms in total. The Balaban J connectivity index is 1.09. The van der Waals surface area contributed by atoms with E-state index in [1.807, 2.05) is 23.1 Å². The van der Waals surface area contributed by atoms with E-state index in [1.165, 1.54) is 11.9 Å². The zero-order chi connectivity index (χ0) is 24.2. The van der Waals surface area contributed by atoms with E-state index in [9.17, 15) is 9.59 Å². The highest BCUT2D eigenvalue weighted by molar-refractivity contribution is 5.92. The summed E-state index contributed by atoms with van der Waals surface area (Å²) in [6, 6.07) is 8.05. The lowest BCUT2D eigenvalue weighted by Crippen LogP contribution is -2.50. The van der Waals surface area contributed by atoms with Gasteiger partial charge in [-0.1, -0.05) is 12.1 Å². The van der Waals surface area contributed by atoms with Crippen LogP contribution in [0.25, 0.3) is 0 Å². The van der Waals surface area contributed by atoms with Gasteiger partial charge in [-0.05, 0) is 66.6 Å². The number of hydrogen-bond acceptors (Lipinski definition) is 7. The Morgan fingerprint density at radius 3 is 2.89 bits per heavy atom. The third-order valence-corrected chi connectivity index (χ3v) is 7.28. The zero-order valence-electron chi connectivity index (χ0n) is 19.9. The summed E-state index contributed by atoms with van der Waals surface area (Å²) in [6.45, 7) is 4.83. The summed E-state index contributed by atoms with van der Waals surface area (Å²) in [6.07, 6.45) is 7.75. The molecule has 0 saturated carbocycles. The van der Waals surface area contributed by atoms with Gasteiger partial charge in [-0.3, -0.25) is 9.69 Å². The van der Waals surface area contributed by atoms with Crippen LogP contribution >= 0.6 is 0 Å². The van der Waals surface area contributed by atoms with Crippen LogP contribution in [0.3, 0.4) is 0 Å². The smallest absolute Gasteiger partial charge is 0.338 e. The van der Waals surface area contributed by atoms with Crippen LogP contribution in [0.15, 0.2) is 35.5 Å². The van der Waals surface area contributed by atoms with E-state index >= 15 is 0 Å². The monoisotopic (exact) mass is 476 g/mol. The molecule has 1 aromatic carbocycles. The summed E-state index contributed by atoms with van der Waals surface area (Å²) in [7, 11) is 0. The number of hydrazine groups is 1. The van der Waals surface area contributed by atoms with Crippen molar-refractivity contribution in [2.45, 2.75) is 38.0 Å². The number of nitrogens with zero attached hydrogens (tertiary/aromatic N) is 4. The number of rotatable bonds is 7. The van der Waals surface area contributed by atoms with Crippen LogP contribution in [0.5, 0.6) is 0 Å². The number of nitrogens with one attached hydrogen (secondary N) is 1. The molecule has 1 atom stereocenters. The van der Waals surface area contributed by atoms with E-state index in [4.69, 9.17) is 10.6 Å². The van der Waals surface area contributed by atoms with Crippen LogP contribution in [0.2, 0.25) is 0 Å². The molecule has 1 amide bonds. The van der Waals surface area contributed by atoms with Gasteiger partial charge in [-0.15, -0.1) is 0 Å². The number of aromatic nitrogens is 1. The number of aryl methyl sites for hydroxylation is 2. The normalized spacial score (nSPS) is 20.0. The SMILES string of the molecule is NNC=Nc1cc2c(cn1)C(C(=O)N1CCN(CCCc3ccc4c(c3)CCOC4=O)CC1)CC2. The fourth-order valence-corrected chi connectivity index (χ4v) is 5.37. The largest absolute Gasteiger partial charge is 0.462 e. The maximum Gasteiger partial charge on any atom is 0.338 e. The molecule has 3 heterocycles. The lowest BCUT2D eigenvalue weighted by molar-refractivity contribution is -0.134. The molecule has 35 heavy (non-hydrogen) atoms. The quantitative estimate of drug-likeness (QED) is 0.206. The van der Waals surface area contributed by atoms with Gasteiger partial charge in [-0.2, -0.15) is 0 Å². The number of hydrogen-bond donors (Lipinski definition) is 2. The molecule has 9 heteroatoms. The predicted molar refractivity (Wildman–Crippen MR) is 133 cm³/mol. The molecule has 0 spiro atoms. The fraction of sp³-hybridized carbons (Fsp3) is 0.462. The second-order valence-electron chi connectivity index (χ2n) is 9.41. The average molecular weight is 477 g/mol. The lowest BCUT2D eigenvalue weighted by Gasteiger charge is -2.36. The minimum absolute atomic E-state index is 0.101. The lowest BCUT2D eigenvalue weighted by atomic mass is 9.98. The third kappa shape index (κ3) is 5.21. The number of esters is 1. The molecule has 5 rings (SSSR count). The Morgan fingerprint density at radius 2 is 2.06 bits per heavy atom. The minimum Gasteiger partial charge on any atom is -0.462 e. The number of aliphatic imine (C=N–C) groups is 1. The molecule has 1 aromatic heterocycles. The maximum absolute atomic E-state index is 13.3. The Morgan fingerprint density at radius 1 is 1.20 bits per heavy atom. The maximum atomic E-state index is 13.3. The molecular formula is C26H32N6O3. The van der Waals surface area contributed by atoms with E-state index in [0.717, 1.165) is 81.5 Å². The van der Waals surface area contributed by atoms with Crippen LogP contribution in [0.4, 0.5) is 5.82 Å². The molecule has 1 aliphatic carbocycles. The summed E-state index contributed by atoms with van der Waals surface area (Å²) in [5.74, 6) is 5.74. The number of ether oxygens (including phenoxy) is 1. The molecule has 2 aliphatic heterocycles. The summed E-state index contributed by atoms with van der Waals surface area (Å²) >= 11 is 0. The van der Waals surface area contributed by atoms with Gasteiger partial charge in [0.15, 0.2) is 5.82 Å². The Bertz CT molecular complexity index is 1130. The highest BCUT2D eigenvalue weighted by Gasteiger charge is 2.33. The number of piperazine rings is 1. The van der Waals surface area contributed by atoms with E-state index in [-0.39, 0.29) is 17.8 Å². The average Bonchev–Trinajstić information content (AvgIpc) is 3.31. The Hall–Kier alpha value is -3.30. The van der Waals surface area contributed by atoms with Gasteiger partial charge in [0.05, 0.1) is 18.1 Å². The number of carbonyl (C=O) groups excluding carboxylic acids is 2. The number of carbonyl (C=O) groups is 2. The van der Waals surface area contributed by atoms with E-state index in [1.54, 1.807) is 6.20 Å². The Kier molecular flexibility index (Phi) is 7.06. The number of cyclic esters (lactones) is 1. The molecule has 2 aromatic rings. The van der Waals surface area contributed by atoms with Crippen LogP contribution in [0, 0.1) is 0 Å². The highest BCUT2D eigenvalue weighted by Crippen LogP contribution is 2.35. The molecule has 184 valence electrons. The van der Waals surface area contributed by atoms with Crippen LogP contribution in [-0.4, -0.2) is 72.3 Å². The first kappa shape index (κ1) is 23.4. The molecule has 1 saturated heterocycles. The van der Waals surface area contributed by atoms with Gasteiger partial charge in [-0.25, -0.2) is 20.6 Å². The molecule has 3 N–H and O–H groups in total. The third-order valence-electron chi connectivity index (χ3n) is 7.28. The zero-order valence-corrected chi connectivity index (χ0v) is 19.9. The van der Waals surface area contributed by atoms with Crippen molar-refractivity contribution in [2.75, 3.05) is 39.3 Å². The molecule has 0 bridgehead atoms.